The zero-order chi connectivity index (χ0) is 29.9. The van der Waals surface area contributed by atoms with Gasteiger partial charge < -0.3 is 20.1 Å². The summed E-state index contributed by atoms with van der Waals surface area (Å²) in [6.45, 7) is 7.17. The molecule has 2 aromatic carbocycles. The standard InChI is InChI=1S/C27H28B3N5O3.C2H6/c1-26(2,38)14-13-19-9-10-20(22(15-19)35(3)27(28,29)30)11-12-21(17-36)31-25(37)24-32-23(33-34-24)16-18-7-5-4-6-8-18;1-2/h4-10,15,17,21,38H,11-12,16H2,1-3H3,(H,31,37)(H,32,33,34);1-2H3. The molecule has 0 aliphatic carbocycles. The zero-order valence-electron chi connectivity index (χ0n) is 23.7. The molecule has 3 N–H and O–H groups in total. The molecule has 0 saturated heterocycles. The zero-order valence-corrected chi connectivity index (χ0v) is 23.7. The lowest BCUT2D eigenvalue weighted by Crippen LogP contribution is -2.49. The van der Waals surface area contributed by atoms with Gasteiger partial charge in [0.1, 0.15) is 17.7 Å². The van der Waals surface area contributed by atoms with Crippen LogP contribution in [0.25, 0.3) is 0 Å². The van der Waals surface area contributed by atoms with Crippen molar-refractivity contribution in [2.45, 2.75) is 63.8 Å². The van der Waals surface area contributed by atoms with Gasteiger partial charge in [-0.3, -0.25) is 9.89 Å². The molecule has 8 nitrogen and oxygen atoms in total. The summed E-state index contributed by atoms with van der Waals surface area (Å²) >= 11 is 0. The smallest absolute Gasteiger partial charge is 0.291 e. The van der Waals surface area contributed by atoms with E-state index in [2.05, 4.69) is 32.3 Å². The van der Waals surface area contributed by atoms with E-state index < -0.39 is 22.8 Å². The summed E-state index contributed by atoms with van der Waals surface area (Å²) in [5, 5.41) is 17.7. The van der Waals surface area contributed by atoms with E-state index in [0.29, 0.717) is 42.6 Å². The van der Waals surface area contributed by atoms with E-state index in [1.54, 1.807) is 33.0 Å². The average molecular weight is 533 g/mol. The number of hydrogen-bond acceptors (Lipinski definition) is 6. The molecule has 11 heteroatoms. The number of hydrogen-bond donors (Lipinski definition) is 3. The molecule has 0 spiro atoms. The Labute approximate surface area is 241 Å². The summed E-state index contributed by atoms with van der Waals surface area (Å²) in [6.07, 6.45) is 1.85. The molecule has 0 aliphatic heterocycles. The van der Waals surface area contributed by atoms with Gasteiger partial charge in [-0.15, -0.1) is 5.10 Å². The number of carbonyl (C=O) groups excluding carboxylic acids is 2. The first-order valence-electron chi connectivity index (χ1n) is 13.1. The summed E-state index contributed by atoms with van der Waals surface area (Å²) in [5.74, 6) is 5.61. The number of carbonyl (C=O) groups is 2. The molecule has 0 fully saturated rings. The Morgan fingerprint density at radius 2 is 1.85 bits per heavy atom. The summed E-state index contributed by atoms with van der Waals surface area (Å²) in [4.78, 5) is 30.2. The third-order valence-electron chi connectivity index (χ3n) is 5.69. The van der Waals surface area contributed by atoms with E-state index in [0.717, 1.165) is 11.1 Å². The van der Waals surface area contributed by atoms with Crippen LogP contribution < -0.4 is 10.2 Å². The molecule has 1 unspecified atom stereocenters. The lowest BCUT2D eigenvalue weighted by atomic mass is 9.48. The van der Waals surface area contributed by atoms with Gasteiger partial charge in [-0.2, -0.15) is 0 Å². The van der Waals surface area contributed by atoms with E-state index in [9.17, 15) is 14.7 Å². The molecule has 40 heavy (non-hydrogen) atoms. The highest BCUT2D eigenvalue weighted by Crippen LogP contribution is 2.26. The van der Waals surface area contributed by atoms with Crippen molar-refractivity contribution in [3.8, 4) is 11.8 Å². The number of nitrogens with one attached hydrogen (secondary N) is 2. The molecule has 3 rings (SSSR count). The number of aliphatic hydroxyl groups is 1. The number of aryl methyl sites for hydroxylation is 1. The Morgan fingerprint density at radius 1 is 1.18 bits per heavy atom. The molecule has 0 saturated carbocycles. The third kappa shape index (κ3) is 10.1. The number of aromatic amines is 1. The fourth-order valence-corrected chi connectivity index (χ4v) is 3.58. The number of rotatable bonds is 10. The molecule has 1 heterocycles. The van der Waals surface area contributed by atoms with Crippen LogP contribution in [0.15, 0.2) is 48.5 Å². The second-order valence-electron chi connectivity index (χ2n) is 9.62. The minimum absolute atomic E-state index is 0.0443. The van der Waals surface area contributed by atoms with Crippen molar-refractivity contribution in [3.63, 3.8) is 0 Å². The number of aldehydes is 1. The van der Waals surface area contributed by atoms with Gasteiger partial charge in [-0.25, -0.2) is 4.98 Å². The maximum atomic E-state index is 12.7. The van der Waals surface area contributed by atoms with Crippen molar-refractivity contribution in [1.29, 1.82) is 0 Å². The van der Waals surface area contributed by atoms with E-state index in [4.69, 9.17) is 23.5 Å². The molecule has 6 radical (unpaired) electrons. The number of nitrogens with zero attached hydrogens (tertiary/aromatic N) is 3. The normalized spacial score (nSPS) is 11.8. The molecule has 0 bridgehead atoms. The van der Waals surface area contributed by atoms with Crippen molar-refractivity contribution in [2.75, 3.05) is 11.9 Å². The van der Waals surface area contributed by atoms with Crippen molar-refractivity contribution in [2.24, 2.45) is 0 Å². The number of amides is 1. The van der Waals surface area contributed by atoms with Crippen LogP contribution in [0.4, 0.5) is 5.69 Å². The summed E-state index contributed by atoms with van der Waals surface area (Å²) in [6, 6.07) is 14.2. The fraction of sp³-hybridized carbons (Fsp3) is 0.379. The van der Waals surface area contributed by atoms with Crippen molar-refractivity contribution in [1.82, 2.24) is 20.5 Å². The lowest BCUT2D eigenvalue weighted by Gasteiger charge is -2.37. The highest BCUT2D eigenvalue weighted by atomic mass is 16.3. The van der Waals surface area contributed by atoms with Crippen molar-refractivity contribution < 1.29 is 14.7 Å². The number of aromatic nitrogens is 3. The SMILES string of the molecule is CC.[B]C([B])([B])N(C)c1cc(C#CC(C)(C)O)ccc1CCC(C=O)NC(=O)c1n[nH]c(Cc2ccccc2)n1. The Hall–Kier alpha value is -3.77. The molecule has 1 atom stereocenters. The summed E-state index contributed by atoms with van der Waals surface area (Å²) < 4.78 is 0. The van der Waals surface area contributed by atoms with Crippen molar-refractivity contribution >= 4 is 41.4 Å². The van der Waals surface area contributed by atoms with Gasteiger partial charge in [0.05, 0.1) is 29.6 Å². The topological polar surface area (TPSA) is 111 Å². The maximum absolute atomic E-state index is 12.7. The molecule has 1 amide bonds. The van der Waals surface area contributed by atoms with Gasteiger partial charge in [-0.05, 0) is 49.9 Å². The molecule has 1 aromatic heterocycles. The van der Waals surface area contributed by atoms with E-state index in [1.165, 1.54) is 4.90 Å². The first-order chi connectivity index (χ1) is 18.9. The van der Waals surface area contributed by atoms with Gasteiger partial charge in [0.2, 0.25) is 5.82 Å². The van der Waals surface area contributed by atoms with Crippen LogP contribution in [0.2, 0.25) is 0 Å². The highest BCUT2D eigenvalue weighted by Gasteiger charge is 2.21. The Balaban J connectivity index is 0.00000274. The average Bonchev–Trinajstić information content (AvgIpc) is 3.39. The molecule has 3 aromatic rings. The second kappa shape index (κ2) is 14.6. The highest BCUT2D eigenvalue weighted by molar-refractivity contribution is 6.60. The maximum Gasteiger partial charge on any atom is 0.291 e. The molecule has 202 valence electrons. The van der Waals surface area contributed by atoms with E-state index >= 15 is 0 Å². The Bertz CT molecular complexity index is 1320. The summed E-state index contributed by atoms with van der Waals surface area (Å²) in [5.41, 5.74) is 1.88. The van der Waals surface area contributed by atoms with Crippen LogP contribution in [0.3, 0.4) is 0 Å². The van der Waals surface area contributed by atoms with Crippen LogP contribution in [0, 0.1) is 11.8 Å². The van der Waals surface area contributed by atoms with E-state index in [1.807, 2.05) is 50.2 Å². The molecular weight excluding hydrogens is 499 g/mol. The van der Waals surface area contributed by atoms with Gasteiger partial charge in [0.25, 0.3) is 5.91 Å². The molecular formula is C29H34B3N5O3. The van der Waals surface area contributed by atoms with E-state index in [-0.39, 0.29) is 5.82 Å². The van der Waals surface area contributed by atoms with Gasteiger partial charge in [0.15, 0.2) is 0 Å². The van der Waals surface area contributed by atoms with Crippen LogP contribution in [0.1, 0.15) is 67.2 Å². The van der Waals surface area contributed by atoms with Crippen LogP contribution in [-0.2, 0) is 17.6 Å². The van der Waals surface area contributed by atoms with Crippen LogP contribution >= 0.6 is 0 Å². The number of anilines is 1. The monoisotopic (exact) mass is 533 g/mol. The van der Waals surface area contributed by atoms with Gasteiger partial charge in [0, 0.05) is 24.7 Å². The predicted octanol–water partition coefficient (Wildman–Crippen LogP) is 2.03. The molecule has 0 aliphatic rings. The Kier molecular flexibility index (Phi) is 11.8. The van der Waals surface area contributed by atoms with Crippen LogP contribution in [0.5, 0.6) is 0 Å². The number of H-pyrrole nitrogens is 1. The summed E-state index contributed by atoms with van der Waals surface area (Å²) in [7, 11) is 19.4. The van der Waals surface area contributed by atoms with Crippen molar-refractivity contribution in [3.05, 3.63) is 76.9 Å². The second-order valence-corrected chi connectivity index (χ2v) is 9.62. The minimum atomic E-state index is -1.65. The lowest BCUT2D eigenvalue weighted by molar-refractivity contribution is -0.109. The first-order valence-corrected chi connectivity index (χ1v) is 13.1. The fourth-order valence-electron chi connectivity index (χ4n) is 3.58. The van der Waals surface area contributed by atoms with Gasteiger partial charge in [-0.1, -0.05) is 67.3 Å². The predicted molar refractivity (Wildman–Crippen MR) is 161 cm³/mol. The number of benzene rings is 2. The van der Waals surface area contributed by atoms with Gasteiger partial charge >= 0.3 is 0 Å². The minimum Gasteiger partial charge on any atom is -0.394 e. The first kappa shape index (κ1) is 32.4. The Morgan fingerprint density at radius 3 is 2.45 bits per heavy atom. The third-order valence-corrected chi connectivity index (χ3v) is 5.69. The quantitative estimate of drug-likeness (QED) is 0.209. The largest absolute Gasteiger partial charge is 0.394 e. The van der Waals surface area contributed by atoms with Crippen LogP contribution in [-0.4, -0.2) is 79.9 Å².